The van der Waals surface area contributed by atoms with Gasteiger partial charge in [-0.3, -0.25) is 4.79 Å². The number of nitrogens with zero attached hydrogens (tertiary/aromatic N) is 1. The molecule has 0 bridgehead atoms. The predicted octanol–water partition coefficient (Wildman–Crippen LogP) is 3.91. The second-order valence-electron chi connectivity index (χ2n) is 8.94. The van der Waals surface area contributed by atoms with Gasteiger partial charge in [0.15, 0.2) is 11.5 Å². The van der Waals surface area contributed by atoms with Gasteiger partial charge in [0, 0.05) is 54.7 Å². The Kier molecular flexibility index (Phi) is 7.50. The van der Waals surface area contributed by atoms with Crippen molar-refractivity contribution < 1.29 is 28.5 Å². The molecule has 8 nitrogen and oxygen atoms in total. The lowest BCUT2D eigenvalue weighted by molar-refractivity contribution is -0.116. The maximum atomic E-state index is 12.9. The lowest BCUT2D eigenvalue weighted by Gasteiger charge is -2.38. The van der Waals surface area contributed by atoms with E-state index in [1.165, 1.54) is 6.08 Å². The summed E-state index contributed by atoms with van der Waals surface area (Å²) in [7, 11) is 0. The average molecular weight is 483 g/mol. The highest BCUT2D eigenvalue weighted by atomic mass is 16.7. The number of benzene rings is 1. The minimum atomic E-state index is -0.371. The molecule has 0 aliphatic carbocycles. The Labute approximate surface area is 206 Å². The number of hydrogen-bond acceptors (Lipinski definition) is 6. The van der Waals surface area contributed by atoms with Crippen LogP contribution >= 0.6 is 0 Å². The van der Waals surface area contributed by atoms with Crippen LogP contribution in [0.25, 0.3) is 6.08 Å². The largest absolute Gasteiger partial charge is 0.462 e. The molecule has 0 radical (unpaired) electrons. The molecule has 0 unspecified atom stereocenters. The highest BCUT2D eigenvalue weighted by Gasteiger charge is 2.36. The van der Waals surface area contributed by atoms with Crippen LogP contribution in [0.2, 0.25) is 0 Å². The Morgan fingerprint density at radius 3 is 2.57 bits per heavy atom. The van der Waals surface area contributed by atoms with E-state index < -0.39 is 0 Å². The van der Waals surface area contributed by atoms with Gasteiger partial charge in [0.25, 0.3) is 0 Å². The van der Waals surface area contributed by atoms with Gasteiger partial charge in [0.05, 0.1) is 12.2 Å². The Hall–Kier alpha value is -3.26. The van der Waals surface area contributed by atoms with Crippen molar-refractivity contribution in [2.24, 2.45) is 0 Å². The second kappa shape index (κ2) is 10.6. The van der Waals surface area contributed by atoms with Gasteiger partial charge in [0.1, 0.15) is 0 Å². The Morgan fingerprint density at radius 1 is 1.11 bits per heavy atom. The first kappa shape index (κ1) is 24.9. The molecular weight excluding hydrogens is 448 g/mol. The molecule has 8 heteroatoms. The normalized spacial score (nSPS) is 16.5. The molecular formula is C27H34N2O6. The Morgan fingerprint density at radius 2 is 1.86 bits per heavy atom. The summed E-state index contributed by atoms with van der Waals surface area (Å²) in [4.78, 5) is 25.5. The summed E-state index contributed by atoms with van der Waals surface area (Å²) in [6.45, 7) is 10.6. The molecule has 35 heavy (non-hydrogen) atoms. The number of carbonyl (C=O) groups is 2. The van der Waals surface area contributed by atoms with Gasteiger partial charge in [-0.05, 0) is 64.3 Å². The summed E-state index contributed by atoms with van der Waals surface area (Å²) < 4.78 is 24.0. The number of aromatic nitrogens is 1. The third kappa shape index (κ3) is 4.93. The molecule has 0 spiro atoms. The molecule has 188 valence electrons. The summed E-state index contributed by atoms with van der Waals surface area (Å²) in [5.74, 6) is 0.888. The third-order valence-electron chi connectivity index (χ3n) is 7.06. The molecule has 2 aliphatic heterocycles. The molecule has 1 fully saturated rings. The van der Waals surface area contributed by atoms with Gasteiger partial charge in [-0.1, -0.05) is 6.07 Å². The van der Waals surface area contributed by atoms with Crippen LogP contribution in [0.15, 0.2) is 24.3 Å². The zero-order valence-electron chi connectivity index (χ0n) is 20.9. The summed E-state index contributed by atoms with van der Waals surface area (Å²) in [6.07, 6.45) is 4.80. The van der Waals surface area contributed by atoms with Crippen LogP contribution in [0.5, 0.6) is 11.5 Å². The van der Waals surface area contributed by atoms with Crippen molar-refractivity contribution in [3.8, 4) is 11.5 Å². The quantitative estimate of drug-likeness (QED) is 0.453. The highest BCUT2D eigenvalue weighted by molar-refractivity contribution is 5.98. The molecule has 2 aliphatic rings. The van der Waals surface area contributed by atoms with E-state index in [1.807, 2.05) is 39.0 Å². The maximum absolute atomic E-state index is 12.9. The first-order valence-corrected chi connectivity index (χ1v) is 12.2. The van der Waals surface area contributed by atoms with E-state index >= 15 is 0 Å². The SMILES string of the molecule is CCOC(=O)c1c(/C=C/C(=O)NCC2(c3ccc4c(c3)OCO4)CCOCC2)c(C)n(CC)c1C. The number of amides is 1. The molecule has 4 rings (SSSR count). The number of esters is 1. The van der Waals surface area contributed by atoms with Crippen molar-refractivity contribution in [2.75, 3.05) is 33.2 Å². The molecule has 1 N–H and O–H groups in total. The summed E-state index contributed by atoms with van der Waals surface area (Å²) >= 11 is 0. The molecule has 1 amide bonds. The number of rotatable bonds is 8. The lowest BCUT2D eigenvalue weighted by Crippen LogP contribution is -2.44. The zero-order chi connectivity index (χ0) is 25.0. The number of hydrogen-bond donors (Lipinski definition) is 1. The van der Waals surface area contributed by atoms with Crippen molar-refractivity contribution in [1.82, 2.24) is 9.88 Å². The molecule has 1 aromatic carbocycles. The van der Waals surface area contributed by atoms with E-state index in [0.29, 0.717) is 31.9 Å². The zero-order valence-corrected chi connectivity index (χ0v) is 20.9. The van der Waals surface area contributed by atoms with E-state index in [2.05, 4.69) is 9.88 Å². The first-order chi connectivity index (χ1) is 16.9. The van der Waals surface area contributed by atoms with Gasteiger partial charge in [-0.2, -0.15) is 0 Å². The molecule has 0 saturated carbocycles. The van der Waals surface area contributed by atoms with Crippen LogP contribution in [0.1, 0.15) is 59.6 Å². The fourth-order valence-electron chi connectivity index (χ4n) is 5.08. The van der Waals surface area contributed by atoms with Crippen LogP contribution in [-0.2, 0) is 26.2 Å². The Balaban J connectivity index is 1.53. The van der Waals surface area contributed by atoms with Crippen molar-refractivity contribution in [3.63, 3.8) is 0 Å². The van der Waals surface area contributed by atoms with Gasteiger partial charge in [0.2, 0.25) is 12.7 Å². The van der Waals surface area contributed by atoms with Crippen molar-refractivity contribution >= 4 is 18.0 Å². The van der Waals surface area contributed by atoms with Crippen LogP contribution in [-0.4, -0.2) is 49.6 Å². The second-order valence-corrected chi connectivity index (χ2v) is 8.94. The molecule has 2 aromatic rings. The van der Waals surface area contributed by atoms with E-state index in [1.54, 1.807) is 13.0 Å². The first-order valence-electron chi connectivity index (χ1n) is 12.2. The van der Waals surface area contributed by atoms with Crippen molar-refractivity contribution in [1.29, 1.82) is 0 Å². The van der Waals surface area contributed by atoms with E-state index in [0.717, 1.165) is 53.4 Å². The smallest absolute Gasteiger partial charge is 0.340 e. The monoisotopic (exact) mass is 482 g/mol. The van der Waals surface area contributed by atoms with Crippen LogP contribution in [0, 0.1) is 13.8 Å². The predicted molar refractivity (Wildman–Crippen MR) is 132 cm³/mol. The van der Waals surface area contributed by atoms with E-state index in [9.17, 15) is 9.59 Å². The van der Waals surface area contributed by atoms with Gasteiger partial charge >= 0.3 is 5.97 Å². The number of fused-ring (bicyclic) bond motifs is 1. The number of ether oxygens (including phenoxy) is 4. The fraction of sp³-hybridized carbons (Fsp3) is 0.481. The van der Waals surface area contributed by atoms with Crippen LogP contribution < -0.4 is 14.8 Å². The topological polar surface area (TPSA) is 88.0 Å². The molecule has 3 heterocycles. The average Bonchev–Trinajstić information content (AvgIpc) is 3.43. The number of nitrogens with one attached hydrogen (secondary N) is 1. The fourth-order valence-corrected chi connectivity index (χ4v) is 5.08. The van der Waals surface area contributed by atoms with Gasteiger partial charge < -0.3 is 28.8 Å². The van der Waals surface area contributed by atoms with Gasteiger partial charge in [-0.15, -0.1) is 0 Å². The minimum Gasteiger partial charge on any atom is -0.462 e. The van der Waals surface area contributed by atoms with Gasteiger partial charge in [-0.25, -0.2) is 4.79 Å². The van der Waals surface area contributed by atoms with Crippen LogP contribution in [0.3, 0.4) is 0 Å². The van der Waals surface area contributed by atoms with E-state index in [4.69, 9.17) is 18.9 Å². The molecule has 0 atom stereocenters. The van der Waals surface area contributed by atoms with E-state index in [-0.39, 0.29) is 24.1 Å². The standard InChI is InChI=1S/C27H34N2O6/c1-5-29-18(3)21(25(19(29)4)26(31)33-6-2)8-10-24(30)28-16-27(11-13-32-14-12-27)20-7-9-22-23(15-20)35-17-34-22/h7-10,15H,5-6,11-14,16-17H2,1-4H3,(H,28,30)/b10-8+. The maximum Gasteiger partial charge on any atom is 0.340 e. The van der Waals surface area contributed by atoms with Crippen molar-refractivity contribution in [3.05, 3.63) is 52.4 Å². The molecule has 1 saturated heterocycles. The highest BCUT2D eigenvalue weighted by Crippen LogP contribution is 2.40. The lowest BCUT2D eigenvalue weighted by atomic mass is 9.74. The van der Waals surface area contributed by atoms with Crippen LogP contribution in [0.4, 0.5) is 0 Å². The summed E-state index contributed by atoms with van der Waals surface area (Å²) in [6, 6.07) is 5.99. The van der Waals surface area contributed by atoms with Crippen molar-refractivity contribution in [2.45, 2.75) is 52.5 Å². The summed E-state index contributed by atoms with van der Waals surface area (Å²) in [5.41, 5.74) is 3.85. The third-order valence-corrected chi connectivity index (χ3v) is 7.06. The summed E-state index contributed by atoms with van der Waals surface area (Å²) in [5, 5.41) is 3.08. The Bertz CT molecular complexity index is 1130. The minimum absolute atomic E-state index is 0.215. The number of carbonyl (C=O) groups excluding carboxylic acids is 2. The molecule has 1 aromatic heterocycles.